The Morgan fingerprint density at radius 3 is 2.15 bits per heavy atom. The number of benzene rings is 6. The Morgan fingerprint density at radius 2 is 1.30 bits per heavy atom. The lowest BCUT2D eigenvalue weighted by molar-refractivity contribution is 0.653. The SMILES string of the molecule is CC1(C)c2ccccc2-c2c1ccc1c3ccccc3n(-c3ccc(-c4nc(-c5ccccc5)nc5oc6ccccc6c45)cc3)c21. The molecule has 0 amide bonds. The van der Waals surface area contributed by atoms with Gasteiger partial charge in [-0.1, -0.05) is 129 Å². The Hall–Kier alpha value is -6.00. The average Bonchev–Trinajstić information content (AvgIpc) is 3.74. The number of para-hydroxylation sites is 2. The Morgan fingerprint density at radius 1 is 0.574 bits per heavy atom. The highest BCUT2D eigenvalue weighted by molar-refractivity contribution is 6.16. The van der Waals surface area contributed by atoms with E-state index in [2.05, 4.69) is 109 Å². The maximum Gasteiger partial charge on any atom is 0.231 e. The smallest absolute Gasteiger partial charge is 0.231 e. The number of hydrogen-bond donors (Lipinski definition) is 0. The van der Waals surface area contributed by atoms with Crippen LogP contribution in [-0.4, -0.2) is 14.5 Å². The number of nitrogens with zero attached hydrogens (tertiary/aromatic N) is 3. The summed E-state index contributed by atoms with van der Waals surface area (Å²) in [6.45, 7) is 4.69. The lowest BCUT2D eigenvalue weighted by Crippen LogP contribution is -2.14. The summed E-state index contributed by atoms with van der Waals surface area (Å²) in [7, 11) is 0. The molecule has 1 aliphatic rings. The topological polar surface area (TPSA) is 43.9 Å². The highest BCUT2D eigenvalue weighted by atomic mass is 16.3. The largest absolute Gasteiger partial charge is 0.438 e. The monoisotopic (exact) mass is 603 g/mol. The minimum atomic E-state index is -0.0759. The predicted molar refractivity (Wildman–Crippen MR) is 192 cm³/mol. The van der Waals surface area contributed by atoms with Crippen LogP contribution in [0.4, 0.5) is 0 Å². The van der Waals surface area contributed by atoms with Crippen LogP contribution >= 0.6 is 0 Å². The lowest BCUT2D eigenvalue weighted by atomic mass is 9.82. The zero-order valence-corrected chi connectivity index (χ0v) is 26.0. The van der Waals surface area contributed by atoms with Crippen molar-refractivity contribution in [2.24, 2.45) is 0 Å². The number of rotatable bonds is 3. The fourth-order valence-corrected chi connectivity index (χ4v) is 7.83. The molecule has 4 nitrogen and oxygen atoms in total. The van der Waals surface area contributed by atoms with Gasteiger partial charge in [-0.05, 0) is 41.0 Å². The second kappa shape index (κ2) is 9.51. The summed E-state index contributed by atoms with van der Waals surface area (Å²) >= 11 is 0. The minimum Gasteiger partial charge on any atom is -0.438 e. The summed E-state index contributed by atoms with van der Waals surface area (Å²) in [5.41, 5.74) is 13.1. The molecule has 0 aliphatic heterocycles. The number of aromatic nitrogens is 3. The van der Waals surface area contributed by atoms with Crippen LogP contribution in [-0.2, 0) is 5.41 Å². The van der Waals surface area contributed by atoms with Crippen LogP contribution in [0.25, 0.3) is 83.3 Å². The van der Waals surface area contributed by atoms with Crippen molar-refractivity contribution < 1.29 is 4.42 Å². The van der Waals surface area contributed by atoms with Crippen molar-refractivity contribution in [2.45, 2.75) is 19.3 Å². The fourth-order valence-electron chi connectivity index (χ4n) is 7.83. The van der Waals surface area contributed by atoms with E-state index in [1.54, 1.807) is 0 Å². The summed E-state index contributed by atoms with van der Waals surface area (Å²) < 4.78 is 8.74. The normalized spacial score (nSPS) is 13.5. The van der Waals surface area contributed by atoms with Crippen molar-refractivity contribution in [1.29, 1.82) is 0 Å². The molecule has 222 valence electrons. The van der Waals surface area contributed by atoms with Gasteiger partial charge in [0.05, 0.1) is 22.1 Å². The number of hydrogen-bond acceptors (Lipinski definition) is 3. The number of furan rings is 1. The van der Waals surface area contributed by atoms with Crippen LogP contribution in [0.15, 0.2) is 144 Å². The highest BCUT2D eigenvalue weighted by Gasteiger charge is 2.37. The van der Waals surface area contributed by atoms with Crippen molar-refractivity contribution in [2.75, 3.05) is 0 Å². The second-order valence-electron chi connectivity index (χ2n) is 13.0. The number of fused-ring (bicyclic) bond motifs is 10. The van der Waals surface area contributed by atoms with E-state index in [4.69, 9.17) is 14.4 Å². The Labute approximate surface area is 271 Å². The molecule has 0 radical (unpaired) electrons. The second-order valence-corrected chi connectivity index (χ2v) is 13.0. The molecule has 0 fully saturated rings. The van der Waals surface area contributed by atoms with Gasteiger partial charge in [0.25, 0.3) is 0 Å². The van der Waals surface area contributed by atoms with Gasteiger partial charge in [-0.15, -0.1) is 0 Å². The van der Waals surface area contributed by atoms with Gasteiger partial charge < -0.3 is 8.98 Å². The van der Waals surface area contributed by atoms with Gasteiger partial charge in [0.2, 0.25) is 5.71 Å². The summed E-state index contributed by atoms with van der Waals surface area (Å²) in [4.78, 5) is 10.0. The summed E-state index contributed by atoms with van der Waals surface area (Å²) in [6.07, 6.45) is 0. The molecule has 6 aromatic carbocycles. The van der Waals surface area contributed by atoms with Crippen LogP contribution in [0, 0.1) is 0 Å². The van der Waals surface area contributed by atoms with E-state index >= 15 is 0 Å². The summed E-state index contributed by atoms with van der Waals surface area (Å²) in [5, 5.41) is 4.47. The van der Waals surface area contributed by atoms with Crippen molar-refractivity contribution in [3.63, 3.8) is 0 Å². The van der Waals surface area contributed by atoms with E-state index in [0.29, 0.717) is 11.5 Å². The van der Waals surface area contributed by atoms with Crippen LogP contribution in [0.2, 0.25) is 0 Å². The third-order valence-electron chi connectivity index (χ3n) is 10.0. The average molecular weight is 604 g/mol. The highest BCUT2D eigenvalue weighted by Crippen LogP contribution is 2.52. The predicted octanol–water partition coefficient (Wildman–Crippen LogP) is 11.1. The third kappa shape index (κ3) is 3.64. The van der Waals surface area contributed by atoms with E-state index in [0.717, 1.165) is 38.9 Å². The first-order valence-corrected chi connectivity index (χ1v) is 16.1. The van der Waals surface area contributed by atoms with Gasteiger partial charge in [0, 0.05) is 44.0 Å². The molecular weight excluding hydrogens is 574 g/mol. The van der Waals surface area contributed by atoms with Crippen LogP contribution in [0.3, 0.4) is 0 Å². The molecule has 0 saturated heterocycles. The standard InChI is InChI=1S/C43H29N3O/c1-43(2)33-17-9-6-15-31(33)37-34(43)25-24-30-29-14-7-10-18-35(29)46(40(30)37)28-22-20-26(21-23-28)39-38-32-16-8-11-19-36(32)47-42(38)45-41(44-39)27-12-4-3-5-13-27/h3-25H,1-2H3. The molecular formula is C43H29N3O. The molecule has 47 heavy (non-hydrogen) atoms. The van der Waals surface area contributed by atoms with E-state index in [9.17, 15) is 0 Å². The van der Waals surface area contributed by atoms with Crippen molar-refractivity contribution in [3.8, 4) is 39.5 Å². The lowest BCUT2D eigenvalue weighted by Gasteiger charge is -2.21. The Kier molecular flexibility index (Phi) is 5.31. The molecule has 0 N–H and O–H groups in total. The van der Waals surface area contributed by atoms with Gasteiger partial charge in [-0.25, -0.2) is 4.98 Å². The van der Waals surface area contributed by atoms with E-state index in [1.807, 2.05) is 48.5 Å². The third-order valence-corrected chi connectivity index (χ3v) is 10.0. The summed E-state index contributed by atoms with van der Waals surface area (Å²) in [5.74, 6) is 0.649. The quantitative estimate of drug-likeness (QED) is 0.202. The zero-order chi connectivity index (χ0) is 31.3. The Balaban J connectivity index is 1.22. The molecule has 3 aromatic heterocycles. The molecule has 4 heteroatoms. The van der Waals surface area contributed by atoms with Gasteiger partial charge in [-0.3, -0.25) is 0 Å². The first kappa shape index (κ1) is 26.2. The van der Waals surface area contributed by atoms with Crippen molar-refractivity contribution in [3.05, 3.63) is 151 Å². The maximum absolute atomic E-state index is 6.29. The maximum atomic E-state index is 6.29. The van der Waals surface area contributed by atoms with E-state index in [-0.39, 0.29) is 5.41 Å². The molecule has 0 saturated carbocycles. The molecule has 0 atom stereocenters. The first-order valence-electron chi connectivity index (χ1n) is 16.1. The van der Waals surface area contributed by atoms with Gasteiger partial charge >= 0.3 is 0 Å². The molecule has 1 aliphatic carbocycles. The molecule has 10 rings (SSSR count). The molecule has 3 heterocycles. The van der Waals surface area contributed by atoms with Gasteiger partial charge in [0.15, 0.2) is 5.82 Å². The van der Waals surface area contributed by atoms with E-state index < -0.39 is 0 Å². The minimum absolute atomic E-state index is 0.0759. The van der Waals surface area contributed by atoms with Crippen molar-refractivity contribution >= 4 is 43.9 Å². The van der Waals surface area contributed by atoms with Gasteiger partial charge in [-0.2, -0.15) is 4.98 Å². The first-order chi connectivity index (χ1) is 23.1. The van der Waals surface area contributed by atoms with Crippen molar-refractivity contribution in [1.82, 2.24) is 14.5 Å². The zero-order valence-electron chi connectivity index (χ0n) is 26.0. The molecule has 9 aromatic rings. The molecule has 0 bridgehead atoms. The van der Waals surface area contributed by atoms with Crippen LogP contribution in [0.5, 0.6) is 0 Å². The Bertz CT molecular complexity index is 2700. The molecule has 0 unspecified atom stereocenters. The molecule has 0 spiro atoms. The van der Waals surface area contributed by atoms with Gasteiger partial charge in [0.1, 0.15) is 5.58 Å². The van der Waals surface area contributed by atoms with E-state index in [1.165, 1.54) is 44.1 Å². The summed E-state index contributed by atoms with van der Waals surface area (Å²) in [6, 6.07) is 49.4. The fraction of sp³-hybridized carbons (Fsp3) is 0.0698. The van der Waals surface area contributed by atoms with Crippen LogP contribution in [0.1, 0.15) is 25.0 Å². The van der Waals surface area contributed by atoms with Crippen LogP contribution < -0.4 is 0 Å².